The maximum absolute atomic E-state index is 14.2. The van der Waals surface area contributed by atoms with Crippen LogP contribution in [0.1, 0.15) is 26.3 Å². The van der Waals surface area contributed by atoms with E-state index in [1.165, 1.54) is 57.3 Å². The Balaban J connectivity index is 0.000000423. The minimum absolute atomic E-state index is 0.0411. The van der Waals surface area contributed by atoms with Gasteiger partial charge in [-0.15, -0.1) is 0 Å². The van der Waals surface area contributed by atoms with E-state index in [1.54, 1.807) is 19.2 Å². The van der Waals surface area contributed by atoms with Crippen LogP contribution in [0.15, 0.2) is 66.7 Å². The number of carbonyl (C=O) groups is 2. The lowest BCUT2D eigenvalue weighted by atomic mass is 9.94. The lowest BCUT2D eigenvalue weighted by Crippen LogP contribution is -2.50. The van der Waals surface area contributed by atoms with Crippen LogP contribution in [0.2, 0.25) is 0 Å². The molecule has 0 atom stereocenters. The van der Waals surface area contributed by atoms with Crippen LogP contribution in [-0.4, -0.2) is 31.2 Å². The van der Waals surface area contributed by atoms with Gasteiger partial charge in [0.1, 0.15) is 5.82 Å². The van der Waals surface area contributed by atoms with E-state index in [-0.39, 0.29) is 24.3 Å². The van der Waals surface area contributed by atoms with Gasteiger partial charge in [0.25, 0.3) is 11.8 Å². The fourth-order valence-electron chi connectivity index (χ4n) is 2.94. The van der Waals surface area contributed by atoms with Gasteiger partial charge in [-0.05, 0) is 81.6 Å². The normalized spacial score (nSPS) is 11.8. The van der Waals surface area contributed by atoms with Gasteiger partial charge < -0.3 is 10.6 Å². The molecule has 0 radical (unpaired) electrons. The SMILES string of the molecule is CNC(=O)c1ccccc1.O=C(Nc1c(I)cc(C(F)(C(F)(F)F)C(F)(F)F)cc1I)c1ccccc1F. The van der Waals surface area contributed by atoms with Crippen molar-refractivity contribution >= 4 is 62.7 Å². The van der Waals surface area contributed by atoms with E-state index in [0.717, 1.165) is 12.1 Å². The summed E-state index contributed by atoms with van der Waals surface area (Å²) in [7, 11) is 1.62. The maximum atomic E-state index is 14.2. The molecule has 204 valence electrons. The second-order valence-electron chi connectivity index (χ2n) is 7.35. The number of alkyl halides is 7. The topological polar surface area (TPSA) is 58.2 Å². The van der Waals surface area contributed by atoms with E-state index >= 15 is 0 Å². The van der Waals surface area contributed by atoms with Crippen molar-refractivity contribution in [3.05, 3.63) is 96.4 Å². The molecule has 14 heteroatoms. The average molecular weight is 770 g/mol. The Morgan fingerprint density at radius 1 is 0.737 bits per heavy atom. The molecule has 0 aliphatic rings. The molecule has 2 N–H and O–H groups in total. The van der Waals surface area contributed by atoms with Gasteiger partial charge >= 0.3 is 18.0 Å². The number of carbonyl (C=O) groups excluding carboxylic acids is 2. The lowest BCUT2D eigenvalue weighted by molar-refractivity contribution is -0.348. The first-order chi connectivity index (χ1) is 17.5. The van der Waals surface area contributed by atoms with Crippen molar-refractivity contribution in [1.82, 2.24) is 5.32 Å². The highest BCUT2D eigenvalue weighted by Gasteiger charge is 2.73. The van der Waals surface area contributed by atoms with Crippen molar-refractivity contribution < 1.29 is 44.7 Å². The summed E-state index contributed by atoms with van der Waals surface area (Å²) < 4.78 is 105. The minimum Gasteiger partial charge on any atom is -0.355 e. The highest BCUT2D eigenvalue weighted by Crippen LogP contribution is 2.54. The van der Waals surface area contributed by atoms with Crippen LogP contribution in [0, 0.1) is 13.0 Å². The molecule has 0 aromatic heterocycles. The summed E-state index contributed by atoms with van der Waals surface area (Å²) in [6.07, 6.45) is -12.5. The van der Waals surface area contributed by atoms with Crippen LogP contribution in [0.25, 0.3) is 0 Å². The number of rotatable bonds is 4. The van der Waals surface area contributed by atoms with Crippen molar-refractivity contribution in [3.8, 4) is 0 Å². The second-order valence-corrected chi connectivity index (χ2v) is 9.67. The summed E-state index contributed by atoms with van der Waals surface area (Å²) in [6, 6.07) is 14.6. The highest BCUT2D eigenvalue weighted by molar-refractivity contribution is 14.1. The van der Waals surface area contributed by atoms with Gasteiger partial charge in [0.15, 0.2) is 0 Å². The van der Waals surface area contributed by atoms with Crippen LogP contribution >= 0.6 is 45.2 Å². The third-order valence-electron chi connectivity index (χ3n) is 4.84. The predicted octanol–water partition coefficient (Wildman–Crippen LogP) is 7.62. The van der Waals surface area contributed by atoms with Crippen molar-refractivity contribution in [2.45, 2.75) is 18.0 Å². The number of benzene rings is 3. The monoisotopic (exact) mass is 770 g/mol. The summed E-state index contributed by atoms with van der Waals surface area (Å²) in [5.74, 6) is -1.89. The molecule has 2 amide bonds. The third-order valence-corrected chi connectivity index (χ3v) is 6.54. The first kappa shape index (κ1) is 31.7. The molecule has 3 aromatic carbocycles. The summed E-state index contributed by atoms with van der Waals surface area (Å²) in [5, 5.41) is 4.76. The van der Waals surface area contributed by atoms with E-state index < -0.39 is 35.3 Å². The fourth-order valence-corrected chi connectivity index (χ4v) is 4.98. The Morgan fingerprint density at radius 2 is 1.21 bits per heavy atom. The molecule has 4 nitrogen and oxygen atoms in total. The fraction of sp³-hybridized carbons (Fsp3) is 0.167. The number of nitrogens with one attached hydrogen (secondary N) is 2. The van der Waals surface area contributed by atoms with Crippen molar-refractivity contribution in [2.75, 3.05) is 12.4 Å². The van der Waals surface area contributed by atoms with Gasteiger partial charge in [-0.3, -0.25) is 9.59 Å². The number of amides is 2. The average Bonchev–Trinajstić information content (AvgIpc) is 2.84. The number of anilines is 1. The molecule has 0 bridgehead atoms. The molecule has 3 rings (SSSR count). The maximum Gasteiger partial charge on any atom is 0.435 e. The van der Waals surface area contributed by atoms with Gasteiger partial charge in [-0.2, -0.15) is 26.3 Å². The molecule has 0 aliphatic heterocycles. The number of hydrogen-bond acceptors (Lipinski definition) is 2. The minimum atomic E-state index is -6.25. The number of halogens is 10. The highest BCUT2D eigenvalue weighted by atomic mass is 127. The summed E-state index contributed by atoms with van der Waals surface area (Å²) >= 11 is 2.71. The Kier molecular flexibility index (Phi) is 10.5. The van der Waals surface area contributed by atoms with E-state index in [1.807, 2.05) is 18.2 Å². The molecule has 0 spiro atoms. The molecule has 0 heterocycles. The van der Waals surface area contributed by atoms with Gasteiger partial charge in [0, 0.05) is 25.3 Å². The quantitative estimate of drug-likeness (QED) is 0.212. The first-order valence-corrected chi connectivity index (χ1v) is 12.3. The van der Waals surface area contributed by atoms with Gasteiger partial charge in [-0.25, -0.2) is 8.78 Å². The predicted molar refractivity (Wildman–Crippen MR) is 141 cm³/mol. The Bertz CT molecular complexity index is 1260. The lowest BCUT2D eigenvalue weighted by Gasteiger charge is -2.31. The summed E-state index contributed by atoms with van der Waals surface area (Å²) in [4.78, 5) is 23.1. The molecule has 0 unspecified atom stereocenters. The largest absolute Gasteiger partial charge is 0.435 e. The van der Waals surface area contributed by atoms with Crippen LogP contribution < -0.4 is 10.6 Å². The molecule has 0 fully saturated rings. The third kappa shape index (κ3) is 7.12. The molecule has 3 aromatic rings. The second kappa shape index (κ2) is 12.6. The molecular weight excluding hydrogens is 754 g/mol. The molecular formula is C24H16F8I2N2O2. The van der Waals surface area contributed by atoms with Crippen LogP contribution in [0.4, 0.5) is 40.8 Å². The Labute approximate surface area is 238 Å². The molecule has 0 saturated carbocycles. The van der Waals surface area contributed by atoms with Gasteiger partial charge in [-0.1, -0.05) is 30.3 Å². The Hall–Kier alpha value is -2.50. The van der Waals surface area contributed by atoms with Crippen LogP contribution in [0.5, 0.6) is 0 Å². The van der Waals surface area contributed by atoms with Gasteiger partial charge in [0.2, 0.25) is 0 Å². The van der Waals surface area contributed by atoms with Gasteiger partial charge in [0.05, 0.1) is 11.3 Å². The number of hydrogen-bond donors (Lipinski definition) is 2. The van der Waals surface area contributed by atoms with E-state index in [0.29, 0.717) is 17.7 Å². The zero-order valence-electron chi connectivity index (χ0n) is 18.9. The van der Waals surface area contributed by atoms with E-state index in [4.69, 9.17) is 0 Å². The standard InChI is InChI=1S/C16H7F8I2NO.C8H9NO/c17-9-4-2-1-3-8(9)13(28)27-12-10(25)5-7(6-11(12)26)14(18,15(19,20)21)16(22,23)24;1-9-8(10)7-5-3-2-4-6-7/h1-6H,(H,27,28);2-6H,1H3,(H,9,10). The Morgan fingerprint density at radius 3 is 1.66 bits per heavy atom. The van der Waals surface area contributed by atoms with Crippen molar-refractivity contribution in [1.29, 1.82) is 0 Å². The summed E-state index contributed by atoms with van der Waals surface area (Å²) in [6.45, 7) is 0. The van der Waals surface area contributed by atoms with Crippen molar-refractivity contribution in [2.24, 2.45) is 0 Å². The zero-order valence-corrected chi connectivity index (χ0v) is 23.3. The van der Waals surface area contributed by atoms with Crippen molar-refractivity contribution in [3.63, 3.8) is 0 Å². The summed E-state index contributed by atoms with van der Waals surface area (Å²) in [5.41, 5.74) is -7.13. The van der Waals surface area contributed by atoms with E-state index in [2.05, 4.69) is 10.6 Å². The molecule has 0 aliphatic carbocycles. The zero-order chi connectivity index (χ0) is 28.9. The van der Waals surface area contributed by atoms with Crippen LogP contribution in [-0.2, 0) is 5.67 Å². The first-order valence-electron chi connectivity index (χ1n) is 10.2. The molecule has 38 heavy (non-hydrogen) atoms. The van der Waals surface area contributed by atoms with Crippen LogP contribution in [0.3, 0.4) is 0 Å². The smallest absolute Gasteiger partial charge is 0.355 e. The van der Waals surface area contributed by atoms with E-state index in [9.17, 15) is 44.7 Å². The molecule has 0 saturated heterocycles.